The van der Waals surface area contributed by atoms with Crippen molar-refractivity contribution in [1.29, 1.82) is 0 Å². The van der Waals surface area contributed by atoms with Gasteiger partial charge in [0.05, 0.1) is 21.9 Å². The number of ketones is 2. The predicted octanol–water partition coefficient (Wildman–Crippen LogP) is 6.96. The van der Waals surface area contributed by atoms with Crippen molar-refractivity contribution in [2.45, 2.75) is 31.3 Å². The molecule has 4 atom stereocenters. The van der Waals surface area contributed by atoms with Gasteiger partial charge in [-0.15, -0.1) is 11.3 Å². The number of fused-ring (bicyclic) bond motifs is 6. The summed E-state index contributed by atoms with van der Waals surface area (Å²) in [5, 5.41) is 5.22. The molecular formula is C33H25ClN2O3S. The lowest BCUT2D eigenvalue weighted by molar-refractivity contribution is -0.121. The summed E-state index contributed by atoms with van der Waals surface area (Å²) in [5.41, 5.74) is 4.27. The van der Waals surface area contributed by atoms with Crippen molar-refractivity contribution >= 4 is 57.4 Å². The highest BCUT2D eigenvalue weighted by Gasteiger charge is 2.70. The van der Waals surface area contributed by atoms with Crippen molar-refractivity contribution in [1.82, 2.24) is 0 Å². The molecule has 1 N–H and O–H groups in total. The molecule has 198 valence electrons. The van der Waals surface area contributed by atoms with Crippen LogP contribution in [0.3, 0.4) is 0 Å². The molecule has 4 aromatic rings. The van der Waals surface area contributed by atoms with Crippen LogP contribution in [0.1, 0.15) is 43.6 Å². The standard InChI is InChI=1S/C33H25ClN2O3S/c1-18-13-14-25-21(16-18)19(2)17-27-33(22-9-4-6-11-24(22)35-32(33)39)28(30(37)20-8-3-5-10-23(20)34)29(36(25)27)31(38)26-12-7-15-40-26/h3-17,27-29H,1-2H3,(H,35,39)/t27-,28+,29-,33-/m0/s1. The molecule has 1 fully saturated rings. The Labute approximate surface area is 241 Å². The minimum absolute atomic E-state index is 0.182. The van der Waals surface area contributed by atoms with Crippen molar-refractivity contribution < 1.29 is 14.4 Å². The predicted molar refractivity (Wildman–Crippen MR) is 160 cm³/mol. The summed E-state index contributed by atoms with van der Waals surface area (Å²) in [4.78, 5) is 46.3. The number of halogens is 1. The van der Waals surface area contributed by atoms with Crippen LogP contribution in [0, 0.1) is 12.8 Å². The molecular weight excluding hydrogens is 540 g/mol. The van der Waals surface area contributed by atoms with Gasteiger partial charge in [-0.3, -0.25) is 14.4 Å². The Morgan fingerprint density at radius 3 is 2.50 bits per heavy atom. The largest absolute Gasteiger partial charge is 0.352 e. The maximum Gasteiger partial charge on any atom is 0.238 e. The molecule has 4 heterocycles. The van der Waals surface area contributed by atoms with Crippen molar-refractivity contribution in [3.8, 4) is 0 Å². The SMILES string of the molecule is CC1=C[C@@H]2N(c3ccc(C)cc31)[C@H](C(=O)c1cccs1)[C@H](C(=O)c1ccccc1Cl)[C@@]21C(=O)Nc2ccccc21. The topological polar surface area (TPSA) is 66.5 Å². The molecule has 7 heteroatoms. The van der Waals surface area contributed by atoms with E-state index >= 15 is 0 Å². The quantitative estimate of drug-likeness (QED) is 0.272. The number of Topliss-reactive ketones (excluding diaryl/α,β-unsaturated/α-hetero) is 2. The van der Waals surface area contributed by atoms with E-state index in [1.54, 1.807) is 30.3 Å². The molecule has 1 amide bonds. The van der Waals surface area contributed by atoms with E-state index in [9.17, 15) is 14.4 Å². The second kappa shape index (κ2) is 9.01. The van der Waals surface area contributed by atoms with Gasteiger partial charge in [0.25, 0.3) is 0 Å². The number of rotatable bonds is 4. The van der Waals surface area contributed by atoms with Crippen molar-refractivity contribution in [3.05, 3.63) is 122 Å². The number of benzene rings is 3. The summed E-state index contributed by atoms with van der Waals surface area (Å²) in [6.45, 7) is 4.06. The minimum atomic E-state index is -1.35. The van der Waals surface area contributed by atoms with Gasteiger partial charge < -0.3 is 10.2 Å². The highest BCUT2D eigenvalue weighted by Crippen LogP contribution is 2.59. The van der Waals surface area contributed by atoms with E-state index in [0.717, 1.165) is 28.0 Å². The first-order valence-electron chi connectivity index (χ1n) is 13.2. The monoisotopic (exact) mass is 564 g/mol. The number of nitrogens with zero attached hydrogens (tertiary/aromatic N) is 1. The second-order valence-electron chi connectivity index (χ2n) is 10.7. The maximum atomic E-state index is 14.8. The molecule has 0 bridgehead atoms. The van der Waals surface area contributed by atoms with Crippen molar-refractivity contribution in [2.24, 2.45) is 5.92 Å². The van der Waals surface area contributed by atoms with Crippen LogP contribution >= 0.6 is 22.9 Å². The lowest BCUT2D eigenvalue weighted by atomic mass is 9.64. The van der Waals surface area contributed by atoms with Gasteiger partial charge in [-0.05, 0) is 66.8 Å². The van der Waals surface area contributed by atoms with Crippen LogP contribution in [-0.4, -0.2) is 29.6 Å². The van der Waals surface area contributed by atoms with Crippen LogP contribution < -0.4 is 10.2 Å². The third-order valence-electron chi connectivity index (χ3n) is 8.59. The molecule has 0 saturated carbocycles. The van der Waals surface area contributed by atoms with Gasteiger partial charge in [-0.25, -0.2) is 0 Å². The first-order chi connectivity index (χ1) is 19.3. The van der Waals surface area contributed by atoms with Gasteiger partial charge in [0.15, 0.2) is 11.6 Å². The fraction of sp³-hybridized carbons (Fsp3) is 0.182. The zero-order valence-electron chi connectivity index (χ0n) is 21.9. The van der Waals surface area contributed by atoms with Crippen LogP contribution in [0.4, 0.5) is 11.4 Å². The number of thiophene rings is 1. The number of anilines is 2. The maximum absolute atomic E-state index is 14.8. The van der Waals surface area contributed by atoms with E-state index < -0.39 is 23.4 Å². The van der Waals surface area contributed by atoms with Crippen molar-refractivity contribution in [2.75, 3.05) is 10.2 Å². The summed E-state index contributed by atoms with van der Waals surface area (Å²) in [6.07, 6.45) is 2.07. The number of nitrogens with one attached hydrogen (secondary N) is 1. The van der Waals surface area contributed by atoms with Gasteiger partial charge in [-0.2, -0.15) is 0 Å². The fourth-order valence-corrected chi connectivity index (χ4v) is 7.87. The van der Waals surface area contributed by atoms with Crippen LogP contribution in [0.15, 0.2) is 90.3 Å². The zero-order chi connectivity index (χ0) is 27.8. The number of carbonyl (C=O) groups excluding carboxylic acids is 3. The molecule has 0 radical (unpaired) electrons. The zero-order valence-corrected chi connectivity index (χ0v) is 23.4. The van der Waals surface area contributed by atoms with Gasteiger partial charge in [-0.1, -0.05) is 65.7 Å². The lowest BCUT2D eigenvalue weighted by Gasteiger charge is -2.39. The molecule has 1 spiro atoms. The molecule has 3 aliphatic rings. The molecule has 1 aromatic heterocycles. The second-order valence-corrected chi connectivity index (χ2v) is 12.1. The first kappa shape index (κ1) is 25.0. The molecule has 0 aliphatic carbocycles. The van der Waals surface area contributed by atoms with E-state index in [-0.39, 0.29) is 17.5 Å². The Kier molecular flexibility index (Phi) is 5.63. The summed E-state index contributed by atoms with van der Waals surface area (Å²) in [7, 11) is 0. The highest BCUT2D eigenvalue weighted by molar-refractivity contribution is 7.12. The van der Waals surface area contributed by atoms with E-state index in [2.05, 4.69) is 17.5 Å². The number of carbonyl (C=O) groups is 3. The molecule has 40 heavy (non-hydrogen) atoms. The number of allylic oxidation sites excluding steroid dienone is 1. The Bertz CT molecular complexity index is 1760. The Balaban J connectivity index is 1.58. The van der Waals surface area contributed by atoms with Crippen LogP contribution in [0.2, 0.25) is 5.02 Å². The lowest BCUT2D eigenvalue weighted by Crippen LogP contribution is -2.51. The average Bonchev–Trinajstić information content (AvgIpc) is 3.66. The summed E-state index contributed by atoms with van der Waals surface area (Å²) in [6, 6.07) is 22.6. The number of aryl methyl sites for hydroxylation is 1. The third kappa shape index (κ3) is 3.30. The fourth-order valence-electron chi connectivity index (χ4n) is 6.94. The average molecular weight is 565 g/mol. The highest BCUT2D eigenvalue weighted by atomic mass is 35.5. The summed E-state index contributed by atoms with van der Waals surface area (Å²) < 4.78 is 0. The van der Waals surface area contributed by atoms with Crippen LogP contribution in [0.5, 0.6) is 0 Å². The van der Waals surface area contributed by atoms with E-state index in [1.807, 2.05) is 66.6 Å². The number of hydrogen-bond donors (Lipinski definition) is 1. The Morgan fingerprint density at radius 2 is 1.73 bits per heavy atom. The smallest absolute Gasteiger partial charge is 0.238 e. The number of para-hydroxylation sites is 1. The number of amides is 1. The van der Waals surface area contributed by atoms with Gasteiger partial charge in [0, 0.05) is 22.5 Å². The third-order valence-corrected chi connectivity index (χ3v) is 9.80. The molecule has 3 aliphatic heterocycles. The van der Waals surface area contributed by atoms with E-state index in [0.29, 0.717) is 21.2 Å². The summed E-state index contributed by atoms with van der Waals surface area (Å²) in [5.74, 6) is -1.82. The first-order valence-corrected chi connectivity index (χ1v) is 14.4. The molecule has 3 aromatic carbocycles. The van der Waals surface area contributed by atoms with Gasteiger partial charge >= 0.3 is 0 Å². The van der Waals surface area contributed by atoms with Crippen LogP contribution in [0.25, 0.3) is 5.57 Å². The Morgan fingerprint density at radius 1 is 0.950 bits per heavy atom. The van der Waals surface area contributed by atoms with E-state index in [1.165, 1.54) is 11.3 Å². The van der Waals surface area contributed by atoms with Gasteiger partial charge in [0.2, 0.25) is 5.91 Å². The van der Waals surface area contributed by atoms with Crippen molar-refractivity contribution in [3.63, 3.8) is 0 Å². The minimum Gasteiger partial charge on any atom is -0.352 e. The molecule has 0 unspecified atom stereocenters. The Hall–Kier alpha value is -4.00. The van der Waals surface area contributed by atoms with Gasteiger partial charge in [0.1, 0.15) is 11.5 Å². The molecule has 1 saturated heterocycles. The van der Waals surface area contributed by atoms with Crippen LogP contribution in [-0.2, 0) is 10.2 Å². The normalized spacial score (nSPS) is 24.3. The summed E-state index contributed by atoms with van der Waals surface area (Å²) >= 11 is 7.94. The van der Waals surface area contributed by atoms with E-state index in [4.69, 9.17) is 11.6 Å². The molecule has 5 nitrogen and oxygen atoms in total. The molecule has 7 rings (SSSR count). The number of hydrogen-bond acceptors (Lipinski definition) is 5.